The van der Waals surface area contributed by atoms with E-state index in [0.717, 1.165) is 30.4 Å². The molecule has 0 bridgehead atoms. The molecule has 0 radical (unpaired) electrons. The van der Waals surface area contributed by atoms with Gasteiger partial charge in [-0.05, 0) is 78.7 Å². The van der Waals surface area contributed by atoms with Crippen molar-refractivity contribution >= 4 is 29.6 Å². The number of fused-ring (bicyclic) bond motifs is 2. The molecular formula is C35H48N4O6. The van der Waals surface area contributed by atoms with Crippen LogP contribution < -0.4 is 16.0 Å². The van der Waals surface area contributed by atoms with Crippen LogP contribution in [0, 0.1) is 29.1 Å². The van der Waals surface area contributed by atoms with Crippen molar-refractivity contribution in [1.29, 1.82) is 0 Å². The van der Waals surface area contributed by atoms with Crippen molar-refractivity contribution in [1.82, 2.24) is 20.9 Å². The second-order valence-electron chi connectivity index (χ2n) is 14.0. The standard InChI is InChI=1S/C35H48N4O6/c1-6-11-25(30(40)32(42)36-16-7-2)37-31(41)29-27-24(35(27,4)5)19-39(29)33(43)28(23-17-21-13-8-9-14-22(21)18-23)38-34(44)45-26-15-10-12-20(26)3/h7-9,13-14,20,23-29H,2,6,10-12,15-19H2,1,3-5H3,(H,36,42)(H,37,41)(H,38,44)/t20-,24?,25?,26?,27?,28?,29-/m0/s1. The Morgan fingerprint density at radius 2 is 1.78 bits per heavy atom. The minimum absolute atomic E-state index is 0.0962. The lowest BCUT2D eigenvalue weighted by Gasteiger charge is -2.35. The average Bonchev–Trinajstić information content (AvgIpc) is 3.52. The van der Waals surface area contributed by atoms with Gasteiger partial charge in [0.15, 0.2) is 0 Å². The summed E-state index contributed by atoms with van der Waals surface area (Å²) < 4.78 is 5.82. The number of hydrogen-bond acceptors (Lipinski definition) is 6. The fourth-order valence-corrected chi connectivity index (χ4v) is 8.01. The molecular weight excluding hydrogens is 572 g/mol. The second kappa shape index (κ2) is 13.3. The third-order valence-corrected chi connectivity index (χ3v) is 10.7. The smallest absolute Gasteiger partial charge is 0.408 e. The summed E-state index contributed by atoms with van der Waals surface area (Å²) in [4.78, 5) is 68.9. The number of ketones is 1. The number of piperidine rings is 1. The van der Waals surface area contributed by atoms with Gasteiger partial charge < -0.3 is 25.6 Å². The van der Waals surface area contributed by atoms with Crippen molar-refractivity contribution in [2.24, 2.45) is 29.1 Å². The summed E-state index contributed by atoms with van der Waals surface area (Å²) in [5.41, 5.74) is 2.14. The molecule has 3 fully saturated rings. The number of rotatable bonds is 12. The van der Waals surface area contributed by atoms with Gasteiger partial charge in [-0.3, -0.25) is 19.2 Å². The summed E-state index contributed by atoms with van der Waals surface area (Å²) in [5.74, 6) is -2.17. The minimum atomic E-state index is -1.01. The number of hydrogen-bond donors (Lipinski definition) is 3. The summed E-state index contributed by atoms with van der Waals surface area (Å²) in [6.07, 6.45) is 5.62. The first-order valence-corrected chi connectivity index (χ1v) is 16.6. The highest BCUT2D eigenvalue weighted by molar-refractivity contribution is 6.38. The molecule has 4 amide bonds. The van der Waals surface area contributed by atoms with Crippen molar-refractivity contribution < 1.29 is 28.7 Å². The zero-order valence-corrected chi connectivity index (χ0v) is 27.0. The first kappa shape index (κ1) is 32.7. The molecule has 3 aliphatic carbocycles. The van der Waals surface area contributed by atoms with Crippen LogP contribution in [-0.2, 0) is 36.8 Å². The topological polar surface area (TPSA) is 134 Å². The van der Waals surface area contributed by atoms with Gasteiger partial charge in [-0.25, -0.2) is 4.79 Å². The Morgan fingerprint density at radius 3 is 2.38 bits per heavy atom. The summed E-state index contributed by atoms with van der Waals surface area (Å²) in [6, 6.07) is 5.35. The first-order chi connectivity index (χ1) is 21.5. The van der Waals surface area contributed by atoms with E-state index in [-0.39, 0.29) is 47.6 Å². The number of ether oxygens (including phenoxy) is 1. The van der Waals surface area contributed by atoms with Crippen molar-refractivity contribution in [3.63, 3.8) is 0 Å². The lowest BCUT2D eigenvalue weighted by molar-refractivity contribution is -0.144. The number of nitrogens with one attached hydrogen (secondary N) is 3. The van der Waals surface area contributed by atoms with E-state index in [2.05, 4.69) is 55.4 Å². The molecule has 1 saturated heterocycles. The van der Waals surface area contributed by atoms with Gasteiger partial charge in [0.2, 0.25) is 17.6 Å². The first-order valence-electron chi connectivity index (χ1n) is 16.6. The molecule has 1 aromatic rings. The molecule has 1 aromatic carbocycles. The number of benzene rings is 1. The summed E-state index contributed by atoms with van der Waals surface area (Å²) in [6.45, 7) is 12.2. The highest BCUT2D eigenvalue weighted by Crippen LogP contribution is 2.65. The quantitative estimate of drug-likeness (QED) is 0.243. The van der Waals surface area contributed by atoms with E-state index in [1.165, 1.54) is 6.08 Å². The SMILES string of the molecule is C=CCNC(=O)C(=O)C(CCC)NC(=O)[C@@H]1C2C(CN1C(=O)C(NC(=O)OC1CCC[C@@H]1C)C1Cc3ccccc3C1)C2(C)C. The number of carbonyl (C=O) groups excluding carboxylic acids is 5. The molecule has 5 rings (SSSR count). The number of alkyl carbamates (subject to hydrolysis) is 1. The van der Waals surface area contributed by atoms with E-state index in [1.54, 1.807) is 4.90 Å². The van der Waals surface area contributed by atoms with Crippen LogP contribution in [0.3, 0.4) is 0 Å². The zero-order chi connectivity index (χ0) is 32.5. The van der Waals surface area contributed by atoms with Crippen LogP contribution in [0.25, 0.3) is 0 Å². The van der Waals surface area contributed by atoms with E-state index in [4.69, 9.17) is 4.74 Å². The molecule has 2 saturated carbocycles. The summed E-state index contributed by atoms with van der Waals surface area (Å²) in [7, 11) is 0. The monoisotopic (exact) mass is 620 g/mol. The number of nitrogens with zero attached hydrogens (tertiary/aromatic N) is 1. The van der Waals surface area contributed by atoms with Crippen LogP contribution in [0.5, 0.6) is 0 Å². The van der Waals surface area contributed by atoms with Crippen LogP contribution in [0.2, 0.25) is 0 Å². The molecule has 7 atom stereocenters. The maximum absolute atomic E-state index is 14.5. The Kier molecular flexibility index (Phi) is 9.70. The van der Waals surface area contributed by atoms with E-state index in [9.17, 15) is 24.0 Å². The number of likely N-dealkylation sites (tertiary alicyclic amines) is 1. The predicted molar refractivity (Wildman–Crippen MR) is 169 cm³/mol. The molecule has 3 N–H and O–H groups in total. The lowest BCUT2D eigenvalue weighted by Crippen LogP contribution is -2.59. The molecule has 10 heteroatoms. The molecule has 1 aliphatic heterocycles. The minimum Gasteiger partial charge on any atom is -0.446 e. The molecule has 244 valence electrons. The van der Waals surface area contributed by atoms with Crippen LogP contribution in [-0.4, -0.2) is 71.8 Å². The summed E-state index contributed by atoms with van der Waals surface area (Å²) in [5, 5.41) is 8.27. The normalized spacial score (nSPS) is 27.5. The molecule has 4 aliphatic rings. The third-order valence-electron chi connectivity index (χ3n) is 10.7. The van der Waals surface area contributed by atoms with Gasteiger partial charge >= 0.3 is 6.09 Å². The van der Waals surface area contributed by atoms with Gasteiger partial charge in [-0.1, -0.05) is 64.5 Å². The predicted octanol–water partition coefficient (Wildman–Crippen LogP) is 3.32. The fourth-order valence-electron chi connectivity index (χ4n) is 8.01. The highest BCUT2D eigenvalue weighted by atomic mass is 16.6. The molecule has 0 spiro atoms. The Hall–Kier alpha value is -3.69. The lowest BCUT2D eigenvalue weighted by atomic mass is 9.93. The highest BCUT2D eigenvalue weighted by Gasteiger charge is 2.69. The van der Waals surface area contributed by atoms with Gasteiger partial charge in [-0.15, -0.1) is 6.58 Å². The fraction of sp³-hybridized carbons (Fsp3) is 0.629. The average molecular weight is 621 g/mol. The van der Waals surface area contributed by atoms with Crippen molar-refractivity contribution in [2.75, 3.05) is 13.1 Å². The van der Waals surface area contributed by atoms with Gasteiger partial charge in [0.1, 0.15) is 18.2 Å². The van der Waals surface area contributed by atoms with Crippen LogP contribution in [0.1, 0.15) is 70.9 Å². The summed E-state index contributed by atoms with van der Waals surface area (Å²) >= 11 is 0. The molecule has 0 aromatic heterocycles. The number of carbonyl (C=O) groups is 5. The van der Waals surface area contributed by atoms with Crippen molar-refractivity contribution in [3.8, 4) is 0 Å². The van der Waals surface area contributed by atoms with Gasteiger partial charge in [0.25, 0.3) is 5.91 Å². The van der Waals surface area contributed by atoms with Crippen LogP contribution >= 0.6 is 0 Å². The zero-order valence-electron chi connectivity index (χ0n) is 27.0. The van der Waals surface area contributed by atoms with Crippen LogP contribution in [0.4, 0.5) is 4.79 Å². The Labute approximate surface area is 266 Å². The van der Waals surface area contributed by atoms with Gasteiger partial charge in [0, 0.05) is 13.1 Å². The molecule has 10 nitrogen and oxygen atoms in total. The molecule has 5 unspecified atom stereocenters. The Bertz CT molecular complexity index is 1320. The maximum atomic E-state index is 14.5. The van der Waals surface area contributed by atoms with Crippen LogP contribution in [0.15, 0.2) is 36.9 Å². The van der Waals surface area contributed by atoms with E-state index in [1.807, 2.05) is 19.1 Å². The second-order valence-corrected chi connectivity index (χ2v) is 14.0. The van der Waals surface area contributed by atoms with Crippen molar-refractivity contribution in [3.05, 3.63) is 48.0 Å². The Morgan fingerprint density at radius 1 is 1.09 bits per heavy atom. The largest absolute Gasteiger partial charge is 0.446 e. The number of Topliss-reactive ketones (excluding diaryl/α,β-unsaturated/α-hetero) is 1. The van der Waals surface area contributed by atoms with Crippen molar-refractivity contribution in [2.45, 2.75) is 96.9 Å². The molecule has 1 heterocycles. The Balaban J connectivity index is 1.37. The number of amides is 4. The molecule has 45 heavy (non-hydrogen) atoms. The van der Waals surface area contributed by atoms with E-state index < -0.39 is 41.8 Å². The third kappa shape index (κ3) is 6.65. The maximum Gasteiger partial charge on any atom is 0.408 e. The van der Waals surface area contributed by atoms with Gasteiger partial charge in [0.05, 0.1) is 6.04 Å². The van der Waals surface area contributed by atoms with Gasteiger partial charge in [-0.2, -0.15) is 0 Å². The van der Waals surface area contributed by atoms with E-state index in [0.29, 0.717) is 32.2 Å². The van der Waals surface area contributed by atoms with E-state index >= 15 is 0 Å².